The Morgan fingerprint density at radius 1 is 1.15 bits per heavy atom. The van der Waals surface area contributed by atoms with E-state index in [-0.39, 0.29) is 11.9 Å². The third-order valence-electron chi connectivity index (χ3n) is 3.47. The summed E-state index contributed by atoms with van der Waals surface area (Å²) in [6.07, 6.45) is 0. The fourth-order valence-electron chi connectivity index (χ4n) is 2.07. The molecule has 20 heavy (non-hydrogen) atoms. The van der Waals surface area contributed by atoms with E-state index < -0.39 is 0 Å². The molecule has 0 aliphatic carbocycles. The summed E-state index contributed by atoms with van der Waals surface area (Å²) in [4.78, 5) is 1.96. The summed E-state index contributed by atoms with van der Waals surface area (Å²) in [6.45, 7) is 2.11. The molecule has 0 amide bonds. The van der Waals surface area contributed by atoms with Gasteiger partial charge in [0.2, 0.25) is 0 Å². The molecule has 2 nitrogen and oxygen atoms in total. The van der Waals surface area contributed by atoms with Crippen molar-refractivity contribution in [2.45, 2.75) is 13.0 Å². The number of halogens is 2. The zero-order chi connectivity index (χ0) is 14.7. The smallest absolute Gasteiger partial charge is 0.125 e. The lowest BCUT2D eigenvalue weighted by Crippen LogP contribution is -2.14. The van der Waals surface area contributed by atoms with Crippen LogP contribution in [0.3, 0.4) is 0 Å². The number of nitrogens with zero attached hydrogens (tertiary/aromatic N) is 1. The molecule has 4 heteroatoms. The van der Waals surface area contributed by atoms with Crippen molar-refractivity contribution in [3.8, 4) is 0 Å². The van der Waals surface area contributed by atoms with Crippen LogP contribution in [0.2, 0.25) is 0 Å². The van der Waals surface area contributed by atoms with Gasteiger partial charge in [-0.1, -0.05) is 28.1 Å². The number of nitrogens with one attached hydrogen (secondary N) is 1. The Morgan fingerprint density at radius 3 is 2.45 bits per heavy atom. The lowest BCUT2D eigenvalue weighted by atomic mass is 10.1. The lowest BCUT2D eigenvalue weighted by molar-refractivity contribution is 0.628. The van der Waals surface area contributed by atoms with Crippen molar-refractivity contribution in [3.05, 3.63) is 58.3 Å². The summed E-state index contributed by atoms with van der Waals surface area (Å²) in [5.41, 5.74) is 3.03. The van der Waals surface area contributed by atoms with Crippen LogP contribution in [0.1, 0.15) is 18.5 Å². The molecule has 0 aromatic heterocycles. The molecule has 0 saturated carbocycles. The third-order valence-corrected chi connectivity index (χ3v) is 4.15. The first-order chi connectivity index (χ1) is 9.52. The van der Waals surface area contributed by atoms with Crippen molar-refractivity contribution in [1.82, 2.24) is 5.32 Å². The second-order valence-corrected chi connectivity index (χ2v) is 5.61. The maximum atomic E-state index is 13.3. The largest absolute Gasteiger partial charge is 0.345 e. The Kier molecular flexibility index (Phi) is 4.78. The Balaban J connectivity index is 2.32. The molecule has 1 N–H and O–H groups in total. The standard InChI is InChI=1S/C16H18BrFN2/c1-11(19-2)15-8-7-14(10-16(15)17)20(3)13-6-4-5-12(18)9-13/h4-11,19H,1-3H3. The molecular weight excluding hydrogens is 319 g/mol. The molecule has 1 unspecified atom stereocenters. The van der Waals surface area contributed by atoms with Gasteiger partial charge in [0, 0.05) is 28.9 Å². The Morgan fingerprint density at radius 2 is 1.85 bits per heavy atom. The minimum atomic E-state index is -0.228. The molecule has 0 fully saturated rings. The van der Waals surface area contributed by atoms with E-state index in [2.05, 4.69) is 34.2 Å². The quantitative estimate of drug-likeness (QED) is 0.875. The van der Waals surface area contributed by atoms with Gasteiger partial charge in [0.25, 0.3) is 0 Å². The molecule has 0 aliphatic heterocycles. The molecular formula is C16H18BrFN2. The average Bonchev–Trinajstić information content (AvgIpc) is 2.45. The van der Waals surface area contributed by atoms with Crippen LogP contribution in [0.4, 0.5) is 15.8 Å². The first kappa shape index (κ1) is 15.0. The van der Waals surface area contributed by atoms with Gasteiger partial charge in [-0.15, -0.1) is 0 Å². The third kappa shape index (κ3) is 3.19. The number of hydrogen-bond acceptors (Lipinski definition) is 2. The van der Waals surface area contributed by atoms with Crippen LogP contribution >= 0.6 is 15.9 Å². The average molecular weight is 337 g/mol. The Bertz CT molecular complexity index is 601. The molecule has 0 heterocycles. The van der Waals surface area contributed by atoms with Crippen molar-refractivity contribution in [2.24, 2.45) is 0 Å². The number of benzene rings is 2. The van der Waals surface area contributed by atoms with Crippen LogP contribution < -0.4 is 10.2 Å². The van der Waals surface area contributed by atoms with Gasteiger partial charge < -0.3 is 10.2 Å². The van der Waals surface area contributed by atoms with Crippen LogP contribution in [-0.4, -0.2) is 14.1 Å². The predicted molar refractivity (Wildman–Crippen MR) is 86.1 cm³/mol. The van der Waals surface area contributed by atoms with Gasteiger partial charge >= 0.3 is 0 Å². The van der Waals surface area contributed by atoms with E-state index in [1.807, 2.05) is 37.2 Å². The minimum absolute atomic E-state index is 0.228. The van der Waals surface area contributed by atoms with Gasteiger partial charge in [0.1, 0.15) is 5.82 Å². The SMILES string of the molecule is CNC(C)c1ccc(N(C)c2cccc(F)c2)cc1Br. The van der Waals surface area contributed by atoms with Crippen LogP contribution in [0.15, 0.2) is 46.9 Å². The predicted octanol–water partition coefficient (Wildman–Crippen LogP) is 4.64. The van der Waals surface area contributed by atoms with E-state index in [0.717, 1.165) is 15.8 Å². The highest BCUT2D eigenvalue weighted by molar-refractivity contribution is 9.10. The van der Waals surface area contributed by atoms with Gasteiger partial charge in [0.15, 0.2) is 0 Å². The summed E-state index contributed by atoms with van der Waals surface area (Å²) in [5.74, 6) is -0.228. The molecule has 0 spiro atoms. The highest BCUT2D eigenvalue weighted by Gasteiger charge is 2.10. The van der Waals surface area contributed by atoms with Gasteiger partial charge in [-0.25, -0.2) is 4.39 Å². The van der Waals surface area contributed by atoms with Crippen LogP contribution in [0.5, 0.6) is 0 Å². The maximum Gasteiger partial charge on any atom is 0.125 e. The molecule has 1 atom stereocenters. The van der Waals surface area contributed by atoms with E-state index in [1.165, 1.54) is 17.7 Å². The molecule has 2 aromatic rings. The zero-order valence-corrected chi connectivity index (χ0v) is 13.4. The molecule has 0 aliphatic rings. The monoisotopic (exact) mass is 336 g/mol. The van der Waals surface area contributed by atoms with Crippen molar-refractivity contribution in [3.63, 3.8) is 0 Å². The highest BCUT2D eigenvalue weighted by Crippen LogP contribution is 2.31. The second-order valence-electron chi connectivity index (χ2n) is 4.76. The van der Waals surface area contributed by atoms with Crippen molar-refractivity contribution in [2.75, 3.05) is 19.0 Å². The fourth-order valence-corrected chi connectivity index (χ4v) is 2.78. The number of anilines is 2. The van der Waals surface area contributed by atoms with E-state index >= 15 is 0 Å². The minimum Gasteiger partial charge on any atom is -0.345 e. The second kappa shape index (κ2) is 6.37. The van der Waals surface area contributed by atoms with Gasteiger partial charge in [0.05, 0.1) is 0 Å². The summed E-state index contributed by atoms with van der Waals surface area (Å²) >= 11 is 3.60. The highest BCUT2D eigenvalue weighted by atomic mass is 79.9. The first-order valence-electron chi connectivity index (χ1n) is 6.49. The van der Waals surface area contributed by atoms with Crippen molar-refractivity contribution in [1.29, 1.82) is 0 Å². The maximum absolute atomic E-state index is 13.3. The summed E-state index contributed by atoms with van der Waals surface area (Å²) in [5, 5.41) is 3.22. The summed E-state index contributed by atoms with van der Waals surface area (Å²) in [6, 6.07) is 13.0. The van der Waals surface area contributed by atoms with Crippen molar-refractivity contribution < 1.29 is 4.39 Å². The number of rotatable bonds is 4. The lowest BCUT2D eigenvalue weighted by Gasteiger charge is -2.21. The summed E-state index contributed by atoms with van der Waals surface area (Å²) < 4.78 is 14.3. The molecule has 106 valence electrons. The molecule has 2 rings (SSSR count). The van der Waals surface area contributed by atoms with Gasteiger partial charge in [-0.2, -0.15) is 0 Å². The zero-order valence-electron chi connectivity index (χ0n) is 11.8. The van der Waals surface area contributed by atoms with Crippen LogP contribution in [-0.2, 0) is 0 Å². The van der Waals surface area contributed by atoms with E-state index in [0.29, 0.717) is 0 Å². The first-order valence-corrected chi connectivity index (χ1v) is 7.28. The molecule has 2 aromatic carbocycles. The Hall–Kier alpha value is -1.39. The van der Waals surface area contributed by atoms with Gasteiger partial charge in [-0.05, 0) is 49.9 Å². The Labute approximate surface area is 127 Å². The van der Waals surface area contributed by atoms with Crippen LogP contribution in [0.25, 0.3) is 0 Å². The fraction of sp³-hybridized carbons (Fsp3) is 0.250. The summed E-state index contributed by atoms with van der Waals surface area (Å²) in [7, 11) is 3.86. The molecule has 0 saturated heterocycles. The molecule has 0 radical (unpaired) electrons. The number of hydrogen-bond donors (Lipinski definition) is 1. The van der Waals surface area contributed by atoms with Crippen molar-refractivity contribution >= 4 is 27.3 Å². The van der Waals surface area contributed by atoms with Crippen LogP contribution in [0, 0.1) is 5.82 Å². The normalized spacial score (nSPS) is 12.2. The molecule has 0 bridgehead atoms. The van der Waals surface area contributed by atoms with Gasteiger partial charge in [-0.3, -0.25) is 0 Å². The topological polar surface area (TPSA) is 15.3 Å². The van der Waals surface area contributed by atoms with E-state index in [1.54, 1.807) is 6.07 Å². The van der Waals surface area contributed by atoms with E-state index in [9.17, 15) is 4.39 Å². The van der Waals surface area contributed by atoms with E-state index in [4.69, 9.17) is 0 Å².